The van der Waals surface area contributed by atoms with Crippen LogP contribution in [0.4, 0.5) is 0 Å². The number of hydrogen-bond donors (Lipinski definition) is 0. The summed E-state index contributed by atoms with van der Waals surface area (Å²) in [6.45, 7) is 30.7. The average Bonchev–Trinajstić information content (AvgIpc) is 3.57. The quantitative estimate of drug-likeness (QED) is 0.278. The van der Waals surface area contributed by atoms with E-state index in [2.05, 4.69) is 88.5 Å². The number of aryl methyl sites for hydroxylation is 6. The molecule has 0 spiro atoms. The van der Waals surface area contributed by atoms with Crippen LogP contribution < -0.4 is 0 Å². The van der Waals surface area contributed by atoms with Crippen molar-refractivity contribution in [2.75, 3.05) is 0 Å². The van der Waals surface area contributed by atoms with E-state index in [9.17, 15) is 0 Å². The monoisotopic (exact) mass is 516 g/mol. The minimum atomic E-state index is 0. The molecule has 0 bridgehead atoms. The van der Waals surface area contributed by atoms with Crippen LogP contribution >= 0.6 is 11.3 Å². The van der Waals surface area contributed by atoms with Crippen molar-refractivity contribution in [3.8, 4) is 0 Å². The van der Waals surface area contributed by atoms with Crippen molar-refractivity contribution in [1.82, 2.24) is 0 Å². The zero-order chi connectivity index (χ0) is 28.2. The highest BCUT2D eigenvalue weighted by Gasteiger charge is 2.10. The molecular formula is C35H64S. The molecule has 2 aromatic carbocycles. The Kier molecular flexibility index (Phi) is 40.6. The van der Waals surface area contributed by atoms with E-state index in [0.717, 1.165) is 0 Å². The average molecular weight is 517 g/mol. The number of benzene rings is 2. The third kappa shape index (κ3) is 20.3. The van der Waals surface area contributed by atoms with Gasteiger partial charge in [-0.2, -0.15) is 0 Å². The molecule has 4 rings (SSSR count). The molecule has 0 saturated heterocycles. The molecule has 0 N–H and O–H groups in total. The predicted octanol–water partition coefficient (Wildman–Crippen LogP) is 12.9. The molecule has 0 saturated carbocycles. The number of hydrogen-bond acceptors (Lipinski definition) is 1. The Morgan fingerprint density at radius 2 is 0.944 bits per heavy atom. The maximum Gasteiger partial charge on any atom is 0.00433 e. The molecule has 1 aromatic heterocycles. The van der Waals surface area contributed by atoms with E-state index in [4.69, 9.17) is 0 Å². The summed E-state index contributed by atoms with van der Waals surface area (Å²) in [6.07, 6.45) is 3.97. The SMILES string of the molecule is C.CC.CC.CC.CC.CC.Cc1cccc2c1CCC2.Cc1ccccc1C.Cc1ccsc1C. The van der Waals surface area contributed by atoms with Crippen LogP contribution in [0.3, 0.4) is 0 Å². The lowest BCUT2D eigenvalue weighted by Gasteiger charge is -2.00. The van der Waals surface area contributed by atoms with Crippen LogP contribution in [0.25, 0.3) is 0 Å². The molecule has 1 heteroatoms. The van der Waals surface area contributed by atoms with Gasteiger partial charge >= 0.3 is 0 Å². The summed E-state index contributed by atoms with van der Waals surface area (Å²) in [4.78, 5) is 1.43. The van der Waals surface area contributed by atoms with Gasteiger partial charge in [-0.25, -0.2) is 0 Å². The summed E-state index contributed by atoms with van der Waals surface area (Å²) in [5, 5.41) is 2.12. The molecule has 36 heavy (non-hydrogen) atoms. The molecule has 1 aliphatic rings. The fourth-order valence-corrected chi connectivity index (χ4v) is 3.65. The smallest absolute Gasteiger partial charge is 0.00433 e. The Labute approximate surface area is 233 Å². The first-order chi connectivity index (χ1) is 17.0. The van der Waals surface area contributed by atoms with Crippen LogP contribution in [0.5, 0.6) is 0 Å². The van der Waals surface area contributed by atoms with E-state index in [1.165, 1.54) is 46.4 Å². The van der Waals surface area contributed by atoms with Gasteiger partial charge in [0.2, 0.25) is 0 Å². The van der Waals surface area contributed by atoms with Crippen LogP contribution in [0.15, 0.2) is 53.9 Å². The van der Waals surface area contributed by atoms with Crippen LogP contribution in [0.2, 0.25) is 0 Å². The summed E-state index contributed by atoms with van der Waals surface area (Å²) >= 11 is 1.80. The highest BCUT2D eigenvalue weighted by molar-refractivity contribution is 7.10. The van der Waals surface area contributed by atoms with Crippen LogP contribution in [-0.2, 0) is 12.8 Å². The number of rotatable bonds is 0. The molecule has 0 unspecified atom stereocenters. The lowest BCUT2D eigenvalue weighted by atomic mass is 10.1. The Morgan fingerprint density at radius 3 is 1.25 bits per heavy atom. The number of fused-ring (bicyclic) bond motifs is 1. The van der Waals surface area contributed by atoms with Crippen molar-refractivity contribution in [1.29, 1.82) is 0 Å². The summed E-state index contributed by atoms with van der Waals surface area (Å²) in [7, 11) is 0. The van der Waals surface area contributed by atoms with Crippen LogP contribution in [0, 0.1) is 34.6 Å². The van der Waals surface area contributed by atoms with Gasteiger partial charge in [-0.1, -0.05) is 119 Å². The van der Waals surface area contributed by atoms with Crippen molar-refractivity contribution in [3.63, 3.8) is 0 Å². The molecule has 210 valence electrons. The Bertz CT molecular complexity index is 758. The second-order valence-corrected chi connectivity index (χ2v) is 7.93. The second kappa shape index (κ2) is 33.1. The molecule has 0 fully saturated rings. The molecule has 1 heterocycles. The third-order valence-electron chi connectivity index (χ3n) is 4.92. The van der Waals surface area contributed by atoms with E-state index < -0.39 is 0 Å². The van der Waals surface area contributed by atoms with Gasteiger partial charge < -0.3 is 0 Å². The van der Waals surface area contributed by atoms with Crippen molar-refractivity contribution in [3.05, 3.63) is 92.2 Å². The van der Waals surface area contributed by atoms with Crippen molar-refractivity contribution in [2.45, 2.75) is 131 Å². The van der Waals surface area contributed by atoms with E-state index in [0.29, 0.717) is 0 Å². The maximum atomic E-state index is 2.26. The molecule has 0 amide bonds. The Morgan fingerprint density at radius 1 is 0.500 bits per heavy atom. The van der Waals surface area contributed by atoms with Crippen molar-refractivity contribution in [2.24, 2.45) is 0 Å². The summed E-state index contributed by atoms with van der Waals surface area (Å²) in [5.74, 6) is 0. The van der Waals surface area contributed by atoms with Gasteiger partial charge in [-0.15, -0.1) is 11.3 Å². The fourth-order valence-electron chi connectivity index (χ4n) is 2.92. The summed E-state index contributed by atoms with van der Waals surface area (Å²) in [5.41, 5.74) is 8.82. The standard InChI is InChI=1S/C10H12.C8H10.C6H8S.5C2H6.CH4/c1-8-4-2-5-9-6-3-7-10(8)9;1-7-5-3-4-6-8(7)2;1-5-3-4-7-6(5)2;5*1-2;/h2,4-5H,3,6-7H2,1H3;3-6H,1-2H3;3-4H,1-2H3;5*1-2H3;1H4. The first-order valence-electron chi connectivity index (χ1n) is 14.1. The molecule has 1 aliphatic carbocycles. The lowest BCUT2D eigenvalue weighted by molar-refractivity contribution is 0.909. The van der Waals surface area contributed by atoms with Gasteiger partial charge in [0.25, 0.3) is 0 Å². The molecule has 0 aliphatic heterocycles. The minimum absolute atomic E-state index is 0. The van der Waals surface area contributed by atoms with E-state index in [1.54, 1.807) is 22.5 Å². The van der Waals surface area contributed by atoms with Gasteiger partial charge in [0.1, 0.15) is 0 Å². The van der Waals surface area contributed by atoms with Gasteiger partial charge in [0.05, 0.1) is 0 Å². The number of thiophene rings is 1. The van der Waals surface area contributed by atoms with Crippen molar-refractivity contribution >= 4 is 11.3 Å². The van der Waals surface area contributed by atoms with Gasteiger partial charge in [-0.05, 0) is 98.7 Å². The molecule has 0 nitrogen and oxygen atoms in total. The minimum Gasteiger partial charge on any atom is -0.149 e. The summed E-state index contributed by atoms with van der Waals surface area (Å²) < 4.78 is 0. The van der Waals surface area contributed by atoms with Crippen LogP contribution in [-0.4, -0.2) is 0 Å². The third-order valence-corrected chi connectivity index (χ3v) is 5.87. The van der Waals surface area contributed by atoms with Crippen molar-refractivity contribution < 1.29 is 0 Å². The molecular weight excluding hydrogens is 452 g/mol. The van der Waals surface area contributed by atoms with E-state index in [-0.39, 0.29) is 7.43 Å². The zero-order valence-electron chi connectivity index (χ0n) is 26.2. The Hall–Kier alpha value is -1.86. The molecule has 0 radical (unpaired) electrons. The molecule has 3 aromatic rings. The summed E-state index contributed by atoms with van der Waals surface area (Å²) in [6, 6.07) is 17.1. The highest BCUT2D eigenvalue weighted by Crippen LogP contribution is 2.24. The Balaban J connectivity index is -0.000000113. The van der Waals surface area contributed by atoms with Gasteiger partial charge in [0, 0.05) is 4.88 Å². The predicted molar refractivity (Wildman–Crippen MR) is 176 cm³/mol. The van der Waals surface area contributed by atoms with Gasteiger partial charge in [0.15, 0.2) is 0 Å². The first kappa shape index (κ1) is 44.2. The van der Waals surface area contributed by atoms with E-state index >= 15 is 0 Å². The van der Waals surface area contributed by atoms with E-state index in [1.807, 2.05) is 69.2 Å². The normalized spacial score (nSPS) is 8.97. The van der Waals surface area contributed by atoms with Crippen LogP contribution in [0.1, 0.15) is 121 Å². The molecule has 0 atom stereocenters. The second-order valence-electron chi connectivity index (χ2n) is 6.81. The largest absolute Gasteiger partial charge is 0.149 e. The highest BCUT2D eigenvalue weighted by atomic mass is 32.1. The van der Waals surface area contributed by atoms with Gasteiger partial charge in [-0.3, -0.25) is 0 Å². The topological polar surface area (TPSA) is 0 Å². The maximum absolute atomic E-state index is 2.26. The zero-order valence-corrected chi connectivity index (χ0v) is 27.0. The first-order valence-corrected chi connectivity index (χ1v) is 15.0. The lowest BCUT2D eigenvalue weighted by Crippen LogP contribution is -1.84. The fraction of sp³-hybridized carbons (Fsp3) is 0.543.